The number of carbonyl (C=O) groups is 3. The molecular weight excluding hydrogens is 578 g/mol. The molecule has 0 spiro atoms. The highest BCUT2D eigenvalue weighted by molar-refractivity contribution is 6.24. The van der Waals surface area contributed by atoms with Crippen molar-refractivity contribution in [1.82, 2.24) is 9.80 Å². The fraction of sp³-hybridized carbons (Fsp3) is 0.516. The van der Waals surface area contributed by atoms with E-state index in [1.54, 1.807) is 39.2 Å². The maximum atomic E-state index is 14.1. The van der Waals surface area contributed by atoms with Crippen LogP contribution in [0.4, 0.5) is 14.5 Å². The van der Waals surface area contributed by atoms with Crippen LogP contribution in [0.5, 0.6) is 5.75 Å². The van der Waals surface area contributed by atoms with Gasteiger partial charge in [0.1, 0.15) is 22.8 Å². The maximum absolute atomic E-state index is 14.1. The van der Waals surface area contributed by atoms with E-state index in [2.05, 4.69) is 0 Å². The third-order valence-corrected chi connectivity index (χ3v) is 9.38. The molecule has 1 saturated carbocycles. The predicted molar refractivity (Wildman–Crippen MR) is 159 cm³/mol. The molecule has 0 bridgehead atoms. The molecule has 1 heterocycles. The quantitative estimate of drug-likeness (QED) is 0.309. The number of benzene rings is 1. The number of amides is 1. The van der Waals surface area contributed by atoms with Crippen molar-refractivity contribution in [2.24, 2.45) is 17.6 Å². The summed E-state index contributed by atoms with van der Waals surface area (Å²) in [6, 6.07) is 0.613. The molecule has 11 nitrogen and oxygen atoms in total. The number of aromatic hydroxyl groups is 1. The number of fused-ring (bicyclic) bond motifs is 3. The topological polar surface area (TPSA) is 168 Å². The smallest absolute Gasteiger partial charge is 0.269 e. The molecule has 2 fully saturated rings. The first-order valence-corrected chi connectivity index (χ1v) is 14.1. The molecule has 44 heavy (non-hydrogen) atoms. The van der Waals surface area contributed by atoms with Crippen LogP contribution in [-0.2, 0) is 27.3 Å². The zero-order valence-electron chi connectivity index (χ0n) is 24.4. The second-order valence-electron chi connectivity index (χ2n) is 12.3. The van der Waals surface area contributed by atoms with Gasteiger partial charge in [0.05, 0.1) is 11.6 Å². The number of phenols is 1. The number of ketones is 2. The van der Waals surface area contributed by atoms with E-state index in [1.165, 1.54) is 4.90 Å². The van der Waals surface area contributed by atoms with Crippen LogP contribution in [-0.4, -0.2) is 101 Å². The highest BCUT2D eigenvalue weighted by Crippen LogP contribution is 2.54. The van der Waals surface area contributed by atoms with Gasteiger partial charge in [0.15, 0.2) is 11.4 Å². The number of nitrogens with zero attached hydrogens (tertiary/aromatic N) is 3. The molecule has 4 aliphatic rings. The van der Waals surface area contributed by atoms with Crippen molar-refractivity contribution >= 4 is 28.9 Å². The fourth-order valence-electron chi connectivity index (χ4n) is 7.28. The lowest BCUT2D eigenvalue weighted by atomic mass is 9.57. The van der Waals surface area contributed by atoms with E-state index >= 15 is 0 Å². The Balaban J connectivity index is 0.00000442. The maximum Gasteiger partial charge on any atom is 0.269 e. The number of likely N-dealkylation sites (tertiary alicyclic amines) is 1. The Hall–Kier alpha value is -3.81. The van der Waals surface area contributed by atoms with Crippen molar-refractivity contribution < 1.29 is 43.6 Å². The third kappa shape index (κ3) is 4.87. The predicted octanol–water partition coefficient (Wildman–Crippen LogP) is 2.41. The Bertz CT molecular complexity index is 1520. The molecule has 0 aromatic heterocycles. The monoisotopic (exact) mass is 618 g/mol. The summed E-state index contributed by atoms with van der Waals surface area (Å²) in [7, 11) is 6.67. The number of halogens is 2. The minimum absolute atomic E-state index is 0. The largest absolute Gasteiger partial charge is 0.508 e. The molecule has 1 saturated heterocycles. The van der Waals surface area contributed by atoms with Gasteiger partial charge < -0.3 is 31.1 Å². The lowest BCUT2D eigenvalue weighted by molar-refractivity contribution is -0.153. The lowest BCUT2D eigenvalue weighted by Gasteiger charge is -2.50. The van der Waals surface area contributed by atoms with Gasteiger partial charge in [-0.1, -0.05) is 7.43 Å². The summed E-state index contributed by atoms with van der Waals surface area (Å²) in [5.41, 5.74) is 3.32. The molecule has 240 valence electrons. The highest BCUT2D eigenvalue weighted by atomic mass is 19.3. The Kier molecular flexibility index (Phi) is 8.73. The molecular formula is C31H40F2N4O7. The number of carbonyl (C=O) groups excluding carboxylic acids is 3. The van der Waals surface area contributed by atoms with Gasteiger partial charge in [-0.2, -0.15) is 8.78 Å². The van der Waals surface area contributed by atoms with Gasteiger partial charge in [0.2, 0.25) is 5.78 Å². The molecule has 6 N–H and O–H groups in total. The zero-order chi connectivity index (χ0) is 31.7. The van der Waals surface area contributed by atoms with Crippen LogP contribution in [0.25, 0.3) is 5.76 Å². The van der Waals surface area contributed by atoms with Crippen LogP contribution >= 0.6 is 0 Å². The van der Waals surface area contributed by atoms with E-state index in [-0.39, 0.29) is 62.1 Å². The average Bonchev–Trinajstić information content (AvgIpc) is 2.92. The number of hydrogen-bond acceptors (Lipinski definition) is 10. The van der Waals surface area contributed by atoms with Crippen molar-refractivity contribution in [1.29, 1.82) is 0 Å². The van der Waals surface area contributed by atoms with E-state index < -0.39 is 64.1 Å². The van der Waals surface area contributed by atoms with Crippen LogP contribution in [0, 0.1) is 11.8 Å². The number of anilines is 1. The molecule has 4 atom stereocenters. The zero-order valence-corrected chi connectivity index (χ0v) is 24.4. The number of piperidine rings is 1. The van der Waals surface area contributed by atoms with E-state index in [9.17, 15) is 43.6 Å². The van der Waals surface area contributed by atoms with Gasteiger partial charge in [-0.05, 0) is 62.9 Å². The molecule has 0 radical (unpaired) electrons. The van der Waals surface area contributed by atoms with Crippen LogP contribution in [0.2, 0.25) is 0 Å². The summed E-state index contributed by atoms with van der Waals surface area (Å²) in [5, 5.41) is 45.9. The van der Waals surface area contributed by atoms with Crippen LogP contribution in [0.1, 0.15) is 43.4 Å². The van der Waals surface area contributed by atoms with Crippen molar-refractivity contribution in [3.8, 4) is 5.75 Å². The van der Waals surface area contributed by atoms with Crippen LogP contribution in [0.3, 0.4) is 0 Å². The summed E-state index contributed by atoms with van der Waals surface area (Å²) in [5.74, 6) is -7.02. The lowest BCUT2D eigenvalue weighted by Crippen LogP contribution is -2.65. The number of primary amides is 1. The number of aliphatic hydroxyl groups is 3. The van der Waals surface area contributed by atoms with E-state index in [0.29, 0.717) is 29.9 Å². The van der Waals surface area contributed by atoms with E-state index in [0.717, 1.165) is 0 Å². The van der Waals surface area contributed by atoms with E-state index in [4.69, 9.17) is 5.73 Å². The summed E-state index contributed by atoms with van der Waals surface area (Å²) < 4.78 is 26.1. The minimum atomic E-state index is -2.72. The Morgan fingerprint density at radius 2 is 1.73 bits per heavy atom. The standard InChI is InChI=1S/C30H36F2N4O7.CH4/c1-34(2)18-11-15(12-36-7-5-13(6-8-36)28(31)32)23(37)20-16(18)9-14-10-17-22(35(3)4)25(39)21(29(33)42)27(41)30(17,43)26(40)19(14)24(20)38;/h11,14,17,22,37-38,41,43H,5-10,12H2,1-4H3,(H2,33,42);1H4/t14-,17-,22-,30-;/m0./s1. The van der Waals surface area contributed by atoms with Crippen LogP contribution < -0.4 is 10.6 Å². The van der Waals surface area contributed by atoms with Crippen molar-refractivity contribution in [3.05, 3.63) is 51.3 Å². The third-order valence-electron chi connectivity index (χ3n) is 9.38. The number of nitrogens with two attached hydrogens (primary N) is 1. The molecule has 1 amide bonds. The average molecular weight is 619 g/mol. The number of phenolic OH excluding ortho intramolecular Hbond substituents is 1. The van der Waals surface area contributed by atoms with Gasteiger partial charge in [0, 0.05) is 56.5 Å². The summed E-state index contributed by atoms with van der Waals surface area (Å²) >= 11 is 0. The van der Waals surface area contributed by atoms with Gasteiger partial charge in [0.25, 0.3) is 12.0 Å². The van der Waals surface area contributed by atoms with E-state index in [1.807, 2.05) is 4.90 Å². The van der Waals surface area contributed by atoms with Crippen LogP contribution in [0.15, 0.2) is 34.6 Å². The minimum Gasteiger partial charge on any atom is -0.508 e. The first-order chi connectivity index (χ1) is 20.1. The molecule has 3 aliphatic carbocycles. The number of Topliss-reactive ketones (excluding diaryl/α,β-unsaturated/α-hetero) is 2. The number of rotatable bonds is 5. The Labute approximate surface area is 254 Å². The van der Waals surface area contributed by atoms with Crippen molar-refractivity contribution in [2.75, 3.05) is 46.2 Å². The first-order valence-electron chi connectivity index (χ1n) is 14.1. The molecule has 1 aromatic rings. The first kappa shape index (κ1) is 33.1. The summed E-state index contributed by atoms with van der Waals surface area (Å²) in [6.45, 7) is 0.898. The normalized spacial score (nSPS) is 27.1. The number of aliphatic hydroxyl groups excluding tert-OH is 2. The molecule has 1 aliphatic heterocycles. The molecule has 0 unspecified atom stereocenters. The Morgan fingerprint density at radius 3 is 2.25 bits per heavy atom. The second kappa shape index (κ2) is 11.6. The Morgan fingerprint density at radius 1 is 1.11 bits per heavy atom. The summed E-state index contributed by atoms with van der Waals surface area (Å²) in [4.78, 5) is 44.7. The second-order valence-corrected chi connectivity index (χ2v) is 12.3. The fourth-order valence-corrected chi connectivity index (χ4v) is 7.28. The molecule has 1 aromatic carbocycles. The highest BCUT2D eigenvalue weighted by Gasteiger charge is 2.64. The number of likely N-dealkylation sites (N-methyl/N-ethyl adjacent to an activating group) is 1. The van der Waals surface area contributed by atoms with Gasteiger partial charge in [-0.25, -0.2) is 0 Å². The van der Waals surface area contributed by atoms with Crippen molar-refractivity contribution in [3.63, 3.8) is 0 Å². The van der Waals surface area contributed by atoms with Gasteiger partial charge in [-0.15, -0.1) is 0 Å². The summed E-state index contributed by atoms with van der Waals surface area (Å²) in [6.07, 6.45) is -1.11. The number of hydrogen-bond donors (Lipinski definition) is 5. The van der Waals surface area contributed by atoms with Crippen molar-refractivity contribution in [2.45, 2.75) is 51.3 Å². The molecule has 13 heteroatoms. The SMILES string of the molecule is C.CN(C)c1cc(CN2CCC(=C(F)F)CC2)c(O)c2c1C[C@H]1C[C@H]3[C@H](N(C)C)C(=O)C(C(N)=O)=C(O)[C@@]3(O)C(=O)C1=C2O. The van der Waals surface area contributed by atoms with Gasteiger partial charge >= 0.3 is 0 Å². The van der Waals surface area contributed by atoms with Gasteiger partial charge in [-0.3, -0.25) is 24.2 Å². The molecule has 5 rings (SSSR count).